The standard InChI is InChI=1S/C27H31ClN2O4S/c1-18-14-20(3)25(15-19(18)2)21(4)29-27(31)17-34-24-12-10-23(11-13-24)30(35(5,32)33)16-22-8-6-7-9-26(22)28/h6-15,21H,16-17H2,1-5H3,(H,29,31)/t21-/m1/s1. The van der Waals surface area contributed by atoms with E-state index in [1.807, 2.05) is 19.9 Å². The van der Waals surface area contributed by atoms with Crippen LogP contribution in [0.1, 0.15) is 40.8 Å². The second kappa shape index (κ2) is 11.1. The molecule has 1 N–H and O–H groups in total. The molecule has 35 heavy (non-hydrogen) atoms. The second-order valence-corrected chi connectivity index (χ2v) is 11.0. The molecule has 186 valence electrons. The van der Waals surface area contributed by atoms with Gasteiger partial charge in [-0.05, 0) is 85.8 Å². The number of hydrogen-bond donors (Lipinski definition) is 1. The fourth-order valence-electron chi connectivity index (χ4n) is 3.85. The van der Waals surface area contributed by atoms with Crippen LogP contribution in [0.2, 0.25) is 5.02 Å². The van der Waals surface area contributed by atoms with Gasteiger partial charge in [0.1, 0.15) is 5.75 Å². The molecule has 0 aliphatic carbocycles. The highest BCUT2D eigenvalue weighted by atomic mass is 35.5. The maximum absolute atomic E-state index is 12.5. The van der Waals surface area contributed by atoms with E-state index in [0.29, 0.717) is 22.0 Å². The summed E-state index contributed by atoms with van der Waals surface area (Å²) in [4.78, 5) is 12.5. The monoisotopic (exact) mass is 514 g/mol. The number of carbonyl (C=O) groups excluding carboxylic acids is 1. The van der Waals surface area contributed by atoms with Gasteiger partial charge in [-0.15, -0.1) is 0 Å². The van der Waals surface area contributed by atoms with Crippen molar-refractivity contribution in [3.63, 3.8) is 0 Å². The smallest absolute Gasteiger partial charge is 0.258 e. The minimum Gasteiger partial charge on any atom is -0.484 e. The van der Waals surface area contributed by atoms with Gasteiger partial charge in [0.2, 0.25) is 10.0 Å². The number of halogens is 1. The van der Waals surface area contributed by atoms with E-state index in [0.717, 1.165) is 17.4 Å². The number of rotatable bonds is 9. The summed E-state index contributed by atoms with van der Waals surface area (Å²) in [5, 5.41) is 3.47. The highest BCUT2D eigenvalue weighted by molar-refractivity contribution is 7.92. The molecular formula is C27H31ClN2O4S. The molecule has 0 aliphatic heterocycles. The molecule has 3 aromatic rings. The van der Waals surface area contributed by atoms with E-state index in [-0.39, 0.29) is 25.1 Å². The van der Waals surface area contributed by atoms with Crippen molar-refractivity contribution in [1.29, 1.82) is 0 Å². The Balaban J connectivity index is 1.63. The third-order valence-corrected chi connectivity index (χ3v) is 7.40. The topological polar surface area (TPSA) is 75.7 Å². The normalized spacial score (nSPS) is 12.2. The molecule has 6 nitrogen and oxygen atoms in total. The Kier molecular flexibility index (Phi) is 8.46. The zero-order valence-electron chi connectivity index (χ0n) is 20.6. The van der Waals surface area contributed by atoms with Crippen LogP contribution >= 0.6 is 11.6 Å². The van der Waals surface area contributed by atoms with Crippen LogP contribution < -0.4 is 14.4 Å². The van der Waals surface area contributed by atoms with Crippen molar-refractivity contribution in [3.8, 4) is 5.75 Å². The Morgan fingerprint density at radius 2 is 1.63 bits per heavy atom. The zero-order chi connectivity index (χ0) is 25.8. The second-order valence-electron chi connectivity index (χ2n) is 8.73. The molecule has 0 radical (unpaired) electrons. The van der Waals surface area contributed by atoms with Crippen molar-refractivity contribution in [3.05, 3.63) is 93.5 Å². The third kappa shape index (κ3) is 6.99. The average molecular weight is 515 g/mol. The SMILES string of the molecule is Cc1cc(C)c([C@@H](C)NC(=O)COc2ccc(N(Cc3ccccc3Cl)S(C)(=O)=O)cc2)cc1C. The molecule has 8 heteroatoms. The number of nitrogens with one attached hydrogen (secondary N) is 1. The first-order chi connectivity index (χ1) is 16.5. The number of hydrogen-bond acceptors (Lipinski definition) is 4. The Morgan fingerprint density at radius 3 is 2.26 bits per heavy atom. The van der Waals surface area contributed by atoms with Crippen LogP contribution in [0.25, 0.3) is 0 Å². The summed E-state index contributed by atoms with van der Waals surface area (Å²) in [7, 11) is -3.55. The van der Waals surface area contributed by atoms with Crippen molar-refractivity contribution in [1.82, 2.24) is 5.32 Å². The zero-order valence-corrected chi connectivity index (χ0v) is 22.2. The maximum Gasteiger partial charge on any atom is 0.258 e. The Hall–Kier alpha value is -3.03. The Morgan fingerprint density at radius 1 is 1.00 bits per heavy atom. The number of ether oxygens (including phenoxy) is 1. The molecule has 1 atom stereocenters. The van der Waals surface area contributed by atoms with Gasteiger partial charge in [0, 0.05) is 5.02 Å². The van der Waals surface area contributed by atoms with Gasteiger partial charge in [0.15, 0.2) is 6.61 Å². The molecule has 0 unspecified atom stereocenters. The summed E-state index contributed by atoms with van der Waals surface area (Å²) in [5.41, 5.74) is 5.78. The van der Waals surface area contributed by atoms with Crippen LogP contribution in [0.5, 0.6) is 5.75 Å². The number of carbonyl (C=O) groups is 1. The van der Waals surface area contributed by atoms with Crippen LogP contribution in [-0.2, 0) is 21.4 Å². The van der Waals surface area contributed by atoms with Crippen LogP contribution in [-0.4, -0.2) is 27.2 Å². The van der Waals surface area contributed by atoms with Gasteiger partial charge in [0.05, 0.1) is 24.5 Å². The lowest BCUT2D eigenvalue weighted by Crippen LogP contribution is -2.31. The molecule has 0 fully saturated rings. The van der Waals surface area contributed by atoms with Crippen molar-refractivity contribution >= 4 is 33.2 Å². The first-order valence-electron chi connectivity index (χ1n) is 11.3. The summed E-state index contributed by atoms with van der Waals surface area (Å²) in [5.74, 6) is 0.223. The van der Waals surface area contributed by atoms with Gasteiger partial charge in [-0.1, -0.05) is 41.9 Å². The van der Waals surface area contributed by atoms with Crippen molar-refractivity contribution in [2.75, 3.05) is 17.2 Å². The van der Waals surface area contributed by atoms with Gasteiger partial charge in [-0.2, -0.15) is 0 Å². The Bertz CT molecular complexity index is 1310. The minimum absolute atomic E-state index is 0.108. The molecule has 0 bridgehead atoms. The first-order valence-corrected chi connectivity index (χ1v) is 13.5. The first kappa shape index (κ1) is 26.6. The maximum atomic E-state index is 12.5. The fourth-order valence-corrected chi connectivity index (χ4v) is 4.92. The molecule has 0 heterocycles. The molecular weight excluding hydrogens is 484 g/mol. The fraction of sp³-hybridized carbons (Fsp3) is 0.296. The lowest BCUT2D eigenvalue weighted by molar-refractivity contribution is -0.123. The number of sulfonamides is 1. The van der Waals surface area contributed by atoms with E-state index >= 15 is 0 Å². The summed E-state index contributed by atoms with van der Waals surface area (Å²) in [6, 6.07) is 17.8. The number of amides is 1. The highest BCUT2D eigenvalue weighted by Gasteiger charge is 2.19. The van der Waals surface area contributed by atoms with Gasteiger partial charge in [-0.3, -0.25) is 9.10 Å². The molecule has 0 aromatic heterocycles. The summed E-state index contributed by atoms with van der Waals surface area (Å²) < 4.78 is 31.8. The van der Waals surface area contributed by atoms with E-state index in [1.165, 1.54) is 15.4 Å². The minimum atomic E-state index is -3.55. The quantitative estimate of drug-likeness (QED) is 0.410. The molecule has 0 aliphatic rings. The van der Waals surface area contributed by atoms with Crippen molar-refractivity contribution in [2.45, 2.75) is 40.3 Å². The highest BCUT2D eigenvalue weighted by Crippen LogP contribution is 2.26. The van der Waals surface area contributed by atoms with Crippen LogP contribution in [0, 0.1) is 20.8 Å². The van der Waals surface area contributed by atoms with Crippen molar-refractivity contribution < 1.29 is 17.9 Å². The van der Waals surface area contributed by atoms with Gasteiger partial charge >= 0.3 is 0 Å². The lowest BCUT2D eigenvalue weighted by atomic mass is 9.96. The molecule has 0 saturated heterocycles. The molecule has 0 saturated carbocycles. The number of anilines is 1. The predicted molar refractivity (Wildman–Crippen MR) is 142 cm³/mol. The summed E-state index contributed by atoms with van der Waals surface area (Å²) >= 11 is 6.22. The van der Waals surface area contributed by atoms with Crippen LogP contribution in [0.4, 0.5) is 5.69 Å². The average Bonchev–Trinajstić information content (AvgIpc) is 2.79. The summed E-state index contributed by atoms with van der Waals surface area (Å²) in [6.45, 7) is 8.07. The third-order valence-electron chi connectivity index (χ3n) is 5.89. The van der Waals surface area contributed by atoms with Gasteiger partial charge < -0.3 is 10.1 Å². The number of nitrogens with zero attached hydrogens (tertiary/aromatic N) is 1. The van der Waals surface area contributed by atoms with Crippen molar-refractivity contribution in [2.24, 2.45) is 0 Å². The van der Waals surface area contributed by atoms with E-state index in [9.17, 15) is 13.2 Å². The van der Waals surface area contributed by atoms with Gasteiger partial charge in [0.25, 0.3) is 5.91 Å². The summed E-state index contributed by atoms with van der Waals surface area (Å²) in [6.07, 6.45) is 1.15. The van der Waals surface area contributed by atoms with E-state index in [1.54, 1.807) is 42.5 Å². The molecule has 1 amide bonds. The molecule has 3 aromatic carbocycles. The number of aryl methyl sites for hydroxylation is 3. The van der Waals surface area contributed by atoms with Crippen LogP contribution in [0.15, 0.2) is 60.7 Å². The van der Waals surface area contributed by atoms with E-state index in [4.69, 9.17) is 16.3 Å². The molecule has 3 rings (SSSR count). The van der Waals surface area contributed by atoms with E-state index < -0.39 is 10.0 Å². The van der Waals surface area contributed by atoms with Crippen LogP contribution in [0.3, 0.4) is 0 Å². The predicted octanol–water partition coefficient (Wildman–Crippen LogP) is 5.49. The molecule has 0 spiro atoms. The van der Waals surface area contributed by atoms with Gasteiger partial charge in [-0.25, -0.2) is 8.42 Å². The number of benzene rings is 3. The van der Waals surface area contributed by atoms with E-state index in [2.05, 4.69) is 31.3 Å². The lowest BCUT2D eigenvalue weighted by Gasteiger charge is -2.23. The largest absolute Gasteiger partial charge is 0.484 e. The Labute approximate surface area is 212 Å².